The highest BCUT2D eigenvalue weighted by Gasteiger charge is 2.22. The number of nitrogens with zero attached hydrogens (tertiary/aromatic N) is 4. The molecule has 48 heavy (non-hydrogen) atoms. The van der Waals surface area contributed by atoms with Crippen molar-refractivity contribution in [2.45, 2.75) is 0 Å². The molecule has 0 aliphatic heterocycles. The van der Waals surface area contributed by atoms with Crippen LogP contribution in [0.4, 0.5) is 0 Å². The van der Waals surface area contributed by atoms with Gasteiger partial charge in [0.25, 0.3) is 0 Å². The number of fused-ring (bicyclic) bond motifs is 8. The zero-order valence-corrected chi connectivity index (χ0v) is 25.7. The molecule has 0 fully saturated rings. The highest BCUT2D eigenvalue weighted by atomic mass is 16.3. The van der Waals surface area contributed by atoms with Gasteiger partial charge in [-0.05, 0) is 29.7 Å². The van der Waals surface area contributed by atoms with Crippen molar-refractivity contribution in [3.63, 3.8) is 0 Å². The molecule has 3 heterocycles. The first-order valence-corrected chi connectivity index (χ1v) is 16.0. The van der Waals surface area contributed by atoms with Crippen molar-refractivity contribution in [2.75, 3.05) is 0 Å². The summed E-state index contributed by atoms with van der Waals surface area (Å²) in [4.78, 5) is 14.9. The molecule has 0 bridgehead atoms. The van der Waals surface area contributed by atoms with E-state index >= 15 is 0 Å². The SMILES string of the molecule is c1ccc(-c2nc(-c3ccccc3)nc(-c3cccc4c3oc3cccc(-n5c6ccccc6c6ccc7ccccc7c65)c34)n2)cc1. The van der Waals surface area contributed by atoms with E-state index in [0.29, 0.717) is 17.5 Å². The van der Waals surface area contributed by atoms with Crippen LogP contribution >= 0.6 is 0 Å². The Hall–Kier alpha value is -6.59. The monoisotopic (exact) mass is 614 g/mol. The fourth-order valence-electron chi connectivity index (χ4n) is 7.10. The van der Waals surface area contributed by atoms with Crippen LogP contribution in [0.15, 0.2) is 162 Å². The summed E-state index contributed by atoms with van der Waals surface area (Å²) >= 11 is 0. The normalized spacial score (nSPS) is 11.8. The molecule has 0 atom stereocenters. The van der Waals surface area contributed by atoms with Crippen LogP contribution < -0.4 is 0 Å². The Morgan fingerprint density at radius 2 is 1.06 bits per heavy atom. The minimum atomic E-state index is 0.566. The minimum absolute atomic E-state index is 0.566. The Morgan fingerprint density at radius 1 is 0.438 bits per heavy atom. The van der Waals surface area contributed by atoms with Gasteiger partial charge >= 0.3 is 0 Å². The number of rotatable bonds is 4. The molecule has 5 nitrogen and oxygen atoms in total. The average Bonchev–Trinajstić information content (AvgIpc) is 3.72. The van der Waals surface area contributed by atoms with Crippen molar-refractivity contribution < 1.29 is 4.42 Å². The third kappa shape index (κ3) is 4.01. The second-order valence-corrected chi connectivity index (χ2v) is 12.0. The molecule has 7 aromatic carbocycles. The molecule has 0 aliphatic carbocycles. The summed E-state index contributed by atoms with van der Waals surface area (Å²) < 4.78 is 9.17. The molecular formula is C43H26N4O. The first kappa shape index (κ1) is 26.6. The molecule has 0 saturated heterocycles. The lowest BCUT2D eigenvalue weighted by Crippen LogP contribution is -2.00. The molecule has 0 saturated carbocycles. The summed E-state index contributed by atoms with van der Waals surface area (Å²) in [6, 6.07) is 54.4. The number of hydrogen-bond acceptors (Lipinski definition) is 4. The van der Waals surface area contributed by atoms with Gasteiger partial charge in [-0.15, -0.1) is 0 Å². The summed E-state index contributed by atoms with van der Waals surface area (Å²) in [6.45, 7) is 0. The van der Waals surface area contributed by atoms with Crippen molar-refractivity contribution in [3.05, 3.63) is 158 Å². The second kappa shape index (κ2) is 10.5. The van der Waals surface area contributed by atoms with E-state index in [9.17, 15) is 0 Å². The zero-order chi connectivity index (χ0) is 31.6. The van der Waals surface area contributed by atoms with Crippen LogP contribution in [-0.2, 0) is 0 Å². The molecule has 0 radical (unpaired) electrons. The third-order valence-corrected chi connectivity index (χ3v) is 9.24. The predicted molar refractivity (Wildman–Crippen MR) is 195 cm³/mol. The molecule has 5 heteroatoms. The van der Waals surface area contributed by atoms with Gasteiger partial charge in [-0.2, -0.15) is 0 Å². The van der Waals surface area contributed by atoms with E-state index in [-0.39, 0.29) is 0 Å². The lowest BCUT2D eigenvalue weighted by atomic mass is 10.1. The summed E-state index contributed by atoms with van der Waals surface area (Å²) in [6.07, 6.45) is 0. The molecule has 10 aromatic rings. The lowest BCUT2D eigenvalue weighted by molar-refractivity contribution is 0.669. The van der Waals surface area contributed by atoms with Gasteiger partial charge in [0.1, 0.15) is 11.2 Å². The van der Waals surface area contributed by atoms with Gasteiger partial charge in [0.2, 0.25) is 0 Å². The van der Waals surface area contributed by atoms with Crippen molar-refractivity contribution >= 4 is 54.5 Å². The van der Waals surface area contributed by atoms with Gasteiger partial charge < -0.3 is 8.98 Å². The largest absolute Gasteiger partial charge is 0.455 e. The van der Waals surface area contributed by atoms with Gasteiger partial charge in [-0.1, -0.05) is 133 Å². The molecule has 0 spiro atoms. The standard InChI is InChI=1S/C43H26N4O/c1-3-14-28(15-4-1)41-44-42(29-16-5-2-6-17-29)46-43(45-41)34-21-11-20-33-38-36(23-12-24-37(38)48-40(33)34)47-35-22-10-9-19-31(35)32-26-25-27-13-7-8-18-30(27)39(32)47/h1-26H. The Labute approximate surface area is 275 Å². The maximum atomic E-state index is 6.77. The smallest absolute Gasteiger partial charge is 0.167 e. The van der Waals surface area contributed by atoms with Crippen LogP contribution in [0.1, 0.15) is 0 Å². The van der Waals surface area contributed by atoms with Crippen LogP contribution in [0.25, 0.3) is 94.4 Å². The van der Waals surface area contributed by atoms with Crippen LogP contribution in [0.3, 0.4) is 0 Å². The average molecular weight is 615 g/mol. The van der Waals surface area contributed by atoms with Gasteiger partial charge in [0.15, 0.2) is 17.5 Å². The first-order chi connectivity index (χ1) is 23.8. The number of furan rings is 1. The van der Waals surface area contributed by atoms with Gasteiger partial charge in [0, 0.05) is 32.7 Å². The quantitative estimate of drug-likeness (QED) is 0.198. The van der Waals surface area contributed by atoms with Gasteiger partial charge in [-0.25, -0.2) is 15.0 Å². The molecule has 224 valence electrons. The van der Waals surface area contributed by atoms with E-state index < -0.39 is 0 Å². The number of aromatic nitrogens is 4. The van der Waals surface area contributed by atoms with Crippen molar-refractivity contribution in [1.29, 1.82) is 0 Å². The minimum Gasteiger partial charge on any atom is -0.455 e. The zero-order valence-electron chi connectivity index (χ0n) is 25.7. The Balaban J connectivity index is 1.27. The fraction of sp³-hybridized carbons (Fsp3) is 0. The predicted octanol–water partition coefficient (Wildman–Crippen LogP) is 11.0. The lowest BCUT2D eigenvalue weighted by Gasteiger charge is -2.11. The maximum Gasteiger partial charge on any atom is 0.167 e. The molecule has 3 aromatic heterocycles. The topological polar surface area (TPSA) is 56.7 Å². The first-order valence-electron chi connectivity index (χ1n) is 16.0. The van der Waals surface area contributed by atoms with E-state index in [1.165, 1.54) is 27.1 Å². The van der Waals surface area contributed by atoms with Gasteiger partial charge in [0.05, 0.1) is 27.7 Å². The van der Waals surface area contributed by atoms with Crippen LogP contribution in [0.5, 0.6) is 0 Å². The molecule has 0 unspecified atom stereocenters. The molecule has 0 N–H and O–H groups in total. The fourth-order valence-corrected chi connectivity index (χ4v) is 7.10. The Morgan fingerprint density at radius 3 is 1.83 bits per heavy atom. The third-order valence-electron chi connectivity index (χ3n) is 9.24. The summed E-state index contributed by atoms with van der Waals surface area (Å²) in [5.74, 6) is 1.80. The summed E-state index contributed by atoms with van der Waals surface area (Å²) in [5.41, 5.74) is 7.63. The highest BCUT2D eigenvalue weighted by molar-refractivity contribution is 6.21. The molecule has 10 rings (SSSR count). The van der Waals surface area contributed by atoms with E-state index in [2.05, 4.69) is 89.5 Å². The molecule has 0 amide bonds. The highest BCUT2D eigenvalue weighted by Crippen LogP contribution is 2.42. The van der Waals surface area contributed by atoms with E-state index in [1.807, 2.05) is 72.8 Å². The van der Waals surface area contributed by atoms with Gasteiger partial charge in [-0.3, -0.25) is 0 Å². The molecular weight excluding hydrogens is 589 g/mol. The number of benzene rings is 7. The van der Waals surface area contributed by atoms with E-state index in [0.717, 1.165) is 49.8 Å². The summed E-state index contributed by atoms with van der Waals surface area (Å²) in [7, 11) is 0. The Bertz CT molecular complexity index is 2780. The number of hydrogen-bond donors (Lipinski definition) is 0. The van der Waals surface area contributed by atoms with Crippen molar-refractivity contribution in [2.24, 2.45) is 0 Å². The second-order valence-electron chi connectivity index (χ2n) is 12.0. The van der Waals surface area contributed by atoms with Crippen molar-refractivity contribution in [1.82, 2.24) is 19.5 Å². The maximum absolute atomic E-state index is 6.77. The Kier molecular flexibility index (Phi) is 5.81. The number of para-hydroxylation sites is 2. The van der Waals surface area contributed by atoms with E-state index in [1.54, 1.807) is 0 Å². The van der Waals surface area contributed by atoms with Crippen LogP contribution in [0.2, 0.25) is 0 Å². The van der Waals surface area contributed by atoms with Crippen LogP contribution in [0, 0.1) is 0 Å². The van der Waals surface area contributed by atoms with Crippen molar-refractivity contribution in [3.8, 4) is 39.9 Å². The molecule has 0 aliphatic rings. The summed E-state index contributed by atoms with van der Waals surface area (Å²) in [5, 5.41) is 6.91. The van der Waals surface area contributed by atoms with E-state index in [4.69, 9.17) is 19.4 Å². The van der Waals surface area contributed by atoms with Crippen LogP contribution in [-0.4, -0.2) is 19.5 Å².